The first-order valence-electron chi connectivity index (χ1n) is 8.69. The number of carbonyl (C=O) groups is 2. The molecular formula is C19H30N2O3. The van der Waals surface area contributed by atoms with E-state index in [1.807, 2.05) is 52.0 Å². The average Bonchev–Trinajstić information content (AvgIpc) is 2.61. The minimum atomic E-state index is -0.450. The fourth-order valence-electron chi connectivity index (χ4n) is 2.49. The summed E-state index contributed by atoms with van der Waals surface area (Å²) < 4.78 is 5.16. The van der Waals surface area contributed by atoms with Crippen molar-refractivity contribution in [2.24, 2.45) is 0 Å². The van der Waals surface area contributed by atoms with Gasteiger partial charge in [-0.1, -0.05) is 32.9 Å². The van der Waals surface area contributed by atoms with Crippen molar-refractivity contribution in [3.8, 4) is 5.75 Å². The van der Waals surface area contributed by atoms with Crippen LogP contribution in [0.25, 0.3) is 0 Å². The topological polar surface area (TPSA) is 58.6 Å². The number of carbonyl (C=O) groups excluding carboxylic acids is 2. The van der Waals surface area contributed by atoms with Crippen molar-refractivity contribution < 1.29 is 14.3 Å². The first-order chi connectivity index (χ1) is 11.5. The van der Waals surface area contributed by atoms with Crippen molar-refractivity contribution in [1.82, 2.24) is 10.2 Å². The Bertz CT molecular complexity index is 528. The zero-order valence-corrected chi connectivity index (χ0v) is 15.5. The van der Waals surface area contributed by atoms with E-state index in [1.165, 1.54) is 0 Å². The van der Waals surface area contributed by atoms with Crippen LogP contribution in [0.4, 0.5) is 0 Å². The smallest absolute Gasteiger partial charge is 0.243 e. The van der Waals surface area contributed by atoms with E-state index in [4.69, 9.17) is 4.74 Å². The molecule has 0 aromatic heterocycles. The minimum absolute atomic E-state index is 0.0167. The lowest BCUT2D eigenvalue weighted by atomic mass is 10.1. The molecule has 134 valence electrons. The summed E-state index contributed by atoms with van der Waals surface area (Å²) >= 11 is 0. The van der Waals surface area contributed by atoms with Gasteiger partial charge in [0.2, 0.25) is 11.8 Å². The fourth-order valence-corrected chi connectivity index (χ4v) is 2.49. The summed E-state index contributed by atoms with van der Waals surface area (Å²) in [6.45, 7) is 8.18. The lowest BCUT2D eigenvalue weighted by Gasteiger charge is -2.31. The van der Waals surface area contributed by atoms with E-state index in [1.54, 1.807) is 12.0 Å². The van der Waals surface area contributed by atoms with Gasteiger partial charge < -0.3 is 15.0 Å². The highest BCUT2D eigenvalue weighted by Crippen LogP contribution is 2.17. The Kier molecular flexibility index (Phi) is 8.30. The lowest BCUT2D eigenvalue weighted by molar-refractivity contribution is -0.141. The van der Waals surface area contributed by atoms with Crippen LogP contribution in [0.2, 0.25) is 0 Å². The predicted molar refractivity (Wildman–Crippen MR) is 95.8 cm³/mol. The van der Waals surface area contributed by atoms with Crippen LogP contribution in [0.1, 0.15) is 52.5 Å². The molecule has 24 heavy (non-hydrogen) atoms. The Balaban J connectivity index is 2.95. The van der Waals surface area contributed by atoms with Crippen LogP contribution in [0.3, 0.4) is 0 Å². The minimum Gasteiger partial charge on any atom is -0.497 e. The second-order valence-corrected chi connectivity index (χ2v) is 5.97. The van der Waals surface area contributed by atoms with Crippen LogP contribution in [0.15, 0.2) is 24.3 Å². The Morgan fingerprint density at radius 2 is 1.75 bits per heavy atom. The molecule has 0 aliphatic rings. The molecule has 0 aliphatic heterocycles. The van der Waals surface area contributed by atoms with E-state index >= 15 is 0 Å². The number of hydrogen-bond acceptors (Lipinski definition) is 3. The van der Waals surface area contributed by atoms with Crippen molar-refractivity contribution in [1.29, 1.82) is 0 Å². The second kappa shape index (κ2) is 9.96. The lowest BCUT2D eigenvalue weighted by Crippen LogP contribution is -2.50. The Labute approximate surface area is 145 Å². The van der Waals surface area contributed by atoms with Gasteiger partial charge in [0.25, 0.3) is 0 Å². The number of benzene rings is 1. The van der Waals surface area contributed by atoms with Gasteiger partial charge in [0.1, 0.15) is 11.8 Å². The number of rotatable bonds is 9. The normalized spacial score (nSPS) is 13.0. The highest BCUT2D eigenvalue weighted by molar-refractivity contribution is 5.87. The number of hydrogen-bond donors (Lipinski definition) is 1. The molecular weight excluding hydrogens is 304 g/mol. The van der Waals surface area contributed by atoms with Crippen LogP contribution in [0, 0.1) is 0 Å². The Morgan fingerprint density at radius 3 is 2.21 bits per heavy atom. The first kappa shape index (κ1) is 20.0. The van der Waals surface area contributed by atoms with Gasteiger partial charge >= 0.3 is 0 Å². The van der Waals surface area contributed by atoms with Crippen LogP contribution in [-0.4, -0.2) is 35.9 Å². The van der Waals surface area contributed by atoms with Crippen molar-refractivity contribution in [2.45, 2.75) is 65.6 Å². The van der Waals surface area contributed by atoms with E-state index in [2.05, 4.69) is 5.32 Å². The summed E-state index contributed by atoms with van der Waals surface area (Å²) in [5, 5.41) is 2.99. The van der Waals surface area contributed by atoms with Gasteiger partial charge in [-0.2, -0.15) is 0 Å². The molecule has 0 bridgehead atoms. The van der Waals surface area contributed by atoms with Gasteiger partial charge in [0.05, 0.1) is 7.11 Å². The maximum atomic E-state index is 12.6. The molecule has 2 atom stereocenters. The van der Waals surface area contributed by atoms with E-state index in [-0.39, 0.29) is 17.9 Å². The average molecular weight is 334 g/mol. The molecule has 5 nitrogen and oxygen atoms in total. The van der Waals surface area contributed by atoms with Crippen LogP contribution < -0.4 is 10.1 Å². The van der Waals surface area contributed by atoms with Crippen molar-refractivity contribution in [2.75, 3.05) is 7.11 Å². The molecule has 0 radical (unpaired) electrons. The maximum Gasteiger partial charge on any atom is 0.243 e. The summed E-state index contributed by atoms with van der Waals surface area (Å²) in [6, 6.07) is 7.23. The molecule has 5 heteroatoms. The summed E-state index contributed by atoms with van der Waals surface area (Å²) in [6.07, 6.45) is 1.83. The fraction of sp³-hybridized carbons (Fsp3) is 0.579. The van der Waals surface area contributed by atoms with Gasteiger partial charge in [0, 0.05) is 19.0 Å². The third-order valence-corrected chi connectivity index (χ3v) is 4.20. The third-order valence-electron chi connectivity index (χ3n) is 4.20. The first-order valence-corrected chi connectivity index (χ1v) is 8.69. The Morgan fingerprint density at radius 1 is 1.12 bits per heavy atom. The third kappa shape index (κ3) is 5.55. The number of amides is 2. The highest BCUT2D eigenvalue weighted by atomic mass is 16.5. The van der Waals surface area contributed by atoms with Crippen LogP contribution in [0.5, 0.6) is 5.75 Å². The molecule has 0 unspecified atom stereocenters. The van der Waals surface area contributed by atoms with Gasteiger partial charge in [-0.25, -0.2) is 0 Å². The van der Waals surface area contributed by atoms with Crippen molar-refractivity contribution in [3.05, 3.63) is 29.8 Å². The number of nitrogens with zero attached hydrogens (tertiary/aromatic N) is 1. The van der Waals surface area contributed by atoms with E-state index in [9.17, 15) is 9.59 Å². The largest absolute Gasteiger partial charge is 0.497 e. The van der Waals surface area contributed by atoms with Gasteiger partial charge in [-0.3, -0.25) is 9.59 Å². The Hall–Kier alpha value is -2.04. The maximum absolute atomic E-state index is 12.6. The predicted octanol–water partition coefficient (Wildman–Crippen LogP) is 3.13. The summed E-state index contributed by atoms with van der Waals surface area (Å²) in [5.41, 5.74) is 0.979. The summed E-state index contributed by atoms with van der Waals surface area (Å²) in [7, 11) is 1.62. The molecule has 1 aromatic carbocycles. The molecule has 1 N–H and O–H groups in total. The van der Waals surface area contributed by atoms with Crippen molar-refractivity contribution >= 4 is 11.8 Å². The molecule has 0 heterocycles. The quantitative estimate of drug-likeness (QED) is 0.755. The molecule has 1 aromatic rings. The number of nitrogens with one attached hydrogen (secondary N) is 1. The van der Waals surface area contributed by atoms with E-state index in [0.717, 1.165) is 17.7 Å². The zero-order chi connectivity index (χ0) is 18.1. The molecule has 0 aliphatic carbocycles. The van der Waals surface area contributed by atoms with Gasteiger partial charge in [0.15, 0.2) is 0 Å². The zero-order valence-electron chi connectivity index (χ0n) is 15.5. The van der Waals surface area contributed by atoms with Gasteiger partial charge in [-0.15, -0.1) is 0 Å². The second-order valence-electron chi connectivity index (χ2n) is 5.97. The van der Waals surface area contributed by atoms with E-state index < -0.39 is 6.04 Å². The standard InChI is InChI=1S/C19H30N2O3/c1-6-14(4)20-19(23)17(7-2)21(18(22)8-3)13-15-9-11-16(24-5)12-10-15/h9-12,14,17H,6-8,13H2,1-5H3,(H,20,23)/t14-,17-/m1/s1. The van der Waals surface area contributed by atoms with Crippen LogP contribution >= 0.6 is 0 Å². The van der Waals surface area contributed by atoms with Crippen molar-refractivity contribution in [3.63, 3.8) is 0 Å². The molecule has 0 fully saturated rings. The summed E-state index contributed by atoms with van der Waals surface area (Å²) in [5.74, 6) is 0.674. The highest BCUT2D eigenvalue weighted by Gasteiger charge is 2.28. The molecule has 0 spiro atoms. The SMILES string of the molecule is CCC(=O)N(Cc1ccc(OC)cc1)[C@H](CC)C(=O)N[C@H](C)CC. The molecule has 0 saturated heterocycles. The van der Waals surface area contributed by atoms with E-state index in [0.29, 0.717) is 19.4 Å². The molecule has 2 amide bonds. The molecule has 1 rings (SSSR count). The number of ether oxygens (including phenoxy) is 1. The summed E-state index contributed by atoms with van der Waals surface area (Å²) in [4.78, 5) is 26.7. The van der Waals surface area contributed by atoms with Crippen LogP contribution in [-0.2, 0) is 16.1 Å². The number of methoxy groups -OCH3 is 1. The monoisotopic (exact) mass is 334 g/mol. The van der Waals surface area contributed by atoms with Gasteiger partial charge in [-0.05, 0) is 37.5 Å². The molecule has 0 saturated carbocycles.